The van der Waals surface area contributed by atoms with Crippen LogP contribution < -0.4 is 4.74 Å². The molecule has 0 saturated carbocycles. The molecule has 5 heteroatoms. The fourth-order valence-electron chi connectivity index (χ4n) is 8.10. The van der Waals surface area contributed by atoms with Crippen LogP contribution in [0, 0.1) is 0 Å². The third-order valence-corrected chi connectivity index (χ3v) is 10.2. The van der Waals surface area contributed by atoms with Crippen molar-refractivity contribution in [3.63, 3.8) is 0 Å². The molecule has 0 spiro atoms. The van der Waals surface area contributed by atoms with Gasteiger partial charge in [0.05, 0.1) is 27.5 Å². The van der Waals surface area contributed by atoms with Gasteiger partial charge in [-0.15, -0.1) is 0 Å². The molecule has 5 aromatic carbocycles. The molecule has 0 amide bonds. The number of pyridine rings is 2. The minimum absolute atomic E-state index is 0.625. The average molecular weight is 629 g/mol. The van der Waals surface area contributed by atoms with Gasteiger partial charge < -0.3 is 9.30 Å². The Morgan fingerprint density at radius 3 is 2.31 bits per heavy atom. The molecule has 5 heterocycles. The van der Waals surface area contributed by atoms with E-state index in [1.807, 2.05) is 18.2 Å². The summed E-state index contributed by atoms with van der Waals surface area (Å²) in [5.41, 5.74) is 12.8. The maximum Gasteiger partial charge on any atom is 0.227 e. The Balaban J connectivity index is 1.11. The molecule has 2 aliphatic rings. The van der Waals surface area contributed by atoms with E-state index in [-0.39, 0.29) is 0 Å². The highest BCUT2D eigenvalue weighted by atomic mass is 16.5. The van der Waals surface area contributed by atoms with Gasteiger partial charge in [-0.2, -0.15) is 0 Å². The molecule has 1 aliphatic heterocycles. The second-order valence-corrected chi connectivity index (χ2v) is 12.9. The molecule has 230 valence electrons. The minimum Gasteiger partial charge on any atom is -0.438 e. The normalized spacial score (nSPS) is 13.2. The first-order valence-electron chi connectivity index (χ1n) is 16.8. The number of allylic oxidation sites excluding steroid dienone is 1. The van der Waals surface area contributed by atoms with E-state index in [2.05, 4.69) is 135 Å². The van der Waals surface area contributed by atoms with E-state index >= 15 is 0 Å². The lowest BCUT2D eigenvalue weighted by Crippen LogP contribution is -2.03. The van der Waals surface area contributed by atoms with Crippen molar-refractivity contribution in [1.29, 1.82) is 0 Å². The zero-order chi connectivity index (χ0) is 32.1. The van der Waals surface area contributed by atoms with Crippen molar-refractivity contribution in [2.45, 2.75) is 12.8 Å². The first kappa shape index (κ1) is 26.6. The molecule has 11 rings (SSSR count). The third kappa shape index (κ3) is 3.81. The second-order valence-electron chi connectivity index (χ2n) is 12.9. The fourth-order valence-corrected chi connectivity index (χ4v) is 8.10. The summed E-state index contributed by atoms with van der Waals surface area (Å²) in [7, 11) is 0. The Hall–Kier alpha value is -6.46. The Morgan fingerprint density at radius 2 is 1.41 bits per heavy atom. The van der Waals surface area contributed by atoms with Gasteiger partial charge in [0.15, 0.2) is 0 Å². The number of aryl methyl sites for hydroxylation is 1. The summed E-state index contributed by atoms with van der Waals surface area (Å²) in [5, 5.41) is 4.75. The molecule has 1 aliphatic carbocycles. The maximum atomic E-state index is 6.19. The first-order valence-corrected chi connectivity index (χ1v) is 16.8. The van der Waals surface area contributed by atoms with E-state index in [9.17, 15) is 0 Å². The van der Waals surface area contributed by atoms with E-state index in [0.29, 0.717) is 5.88 Å². The summed E-state index contributed by atoms with van der Waals surface area (Å²) in [6.07, 6.45) is 8.49. The maximum absolute atomic E-state index is 6.19. The molecule has 9 aromatic rings. The van der Waals surface area contributed by atoms with Crippen LogP contribution in [0.15, 0.2) is 140 Å². The lowest BCUT2D eigenvalue weighted by Gasteiger charge is -2.21. The molecule has 0 radical (unpaired) electrons. The summed E-state index contributed by atoms with van der Waals surface area (Å²) >= 11 is 0. The van der Waals surface area contributed by atoms with Crippen LogP contribution in [-0.4, -0.2) is 19.1 Å². The van der Waals surface area contributed by atoms with Gasteiger partial charge in [0.2, 0.25) is 5.88 Å². The van der Waals surface area contributed by atoms with E-state index in [4.69, 9.17) is 9.72 Å². The van der Waals surface area contributed by atoms with Crippen LogP contribution >= 0.6 is 0 Å². The number of nitrogens with zero attached hydrogens (tertiary/aromatic N) is 4. The largest absolute Gasteiger partial charge is 0.438 e. The Labute approximate surface area is 282 Å². The standard InChI is InChI=1S/C44H28N4O/c1-2-10-29(11-3-1)47-37-16-6-4-12-30(37)33-24-27(19-21-39(33)47)28-20-22-40-34(25-28)31-13-5-7-17-38(31)48(40)42-26-35-32-14-9-23-45-44(32)49-41-18-8-15-36(46-42)43(35)41/h1-3,5-11,13-26H,4,12H2. The van der Waals surface area contributed by atoms with Crippen molar-refractivity contribution in [3.8, 4) is 45.4 Å². The number of aromatic nitrogens is 4. The van der Waals surface area contributed by atoms with Crippen LogP contribution in [0.4, 0.5) is 0 Å². The highest BCUT2D eigenvalue weighted by Gasteiger charge is 2.24. The molecule has 0 unspecified atom stereocenters. The van der Waals surface area contributed by atoms with E-state index in [0.717, 1.165) is 57.5 Å². The topological polar surface area (TPSA) is 44.9 Å². The van der Waals surface area contributed by atoms with Crippen LogP contribution in [0.1, 0.15) is 17.7 Å². The smallest absolute Gasteiger partial charge is 0.227 e. The molecule has 0 N–H and O–H groups in total. The minimum atomic E-state index is 0.625. The summed E-state index contributed by atoms with van der Waals surface area (Å²) in [6, 6.07) is 45.5. The van der Waals surface area contributed by atoms with Gasteiger partial charge >= 0.3 is 0 Å². The highest BCUT2D eigenvalue weighted by molar-refractivity contribution is 6.11. The number of hydrogen-bond donors (Lipinski definition) is 0. The molecule has 0 bridgehead atoms. The predicted molar refractivity (Wildman–Crippen MR) is 199 cm³/mol. The zero-order valence-corrected chi connectivity index (χ0v) is 26.5. The number of hydrogen-bond acceptors (Lipinski definition) is 3. The second kappa shape index (κ2) is 10.0. The monoisotopic (exact) mass is 628 g/mol. The lowest BCUT2D eigenvalue weighted by molar-refractivity contribution is 0.467. The van der Waals surface area contributed by atoms with Gasteiger partial charge in [-0.25, -0.2) is 9.97 Å². The van der Waals surface area contributed by atoms with Crippen molar-refractivity contribution in [1.82, 2.24) is 19.1 Å². The van der Waals surface area contributed by atoms with Gasteiger partial charge in [0.1, 0.15) is 11.6 Å². The van der Waals surface area contributed by atoms with E-state index in [1.54, 1.807) is 6.20 Å². The number of ether oxygens (including phenoxy) is 1. The van der Waals surface area contributed by atoms with Crippen molar-refractivity contribution < 1.29 is 4.74 Å². The highest BCUT2D eigenvalue weighted by Crippen LogP contribution is 2.46. The van der Waals surface area contributed by atoms with Crippen LogP contribution in [0.5, 0.6) is 11.6 Å². The summed E-state index contributed by atoms with van der Waals surface area (Å²) in [5.74, 6) is 2.29. The first-order chi connectivity index (χ1) is 24.3. The lowest BCUT2D eigenvalue weighted by atomic mass is 9.97. The van der Waals surface area contributed by atoms with Crippen molar-refractivity contribution in [2.24, 2.45) is 0 Å². The number of rotatable bonds is 3. The van der Waals surface area contributed by atoms with Gasteiger partial charge in [0, 0.05) is 44.9 Å². The van der Waals surface area contributed by atoms with Gasteiger partial charge in [-0.05, 0) is 108 Å². The van der Waals surface area contributed by atoms with Crippen molar-refractivity contribution >= 4 is 49.7 Å². The Kier molecular flexibility index (Phi) is 5.44. The molecule has 0 atom stereocenters. The average Bonchev–Trinajstić information content (AvgIpc) is 3.67. The van der Waals surface area contributed by atoms with Crippen molar-refractivity contribution in [2.75, 3.05) is 0 Å². The molecule has 4 aromatic heterocycles. The molecule has 0 saturated heterocycles. The SMILES string of the molecule is C1=Cc2c(c3cc(-c4ccc5c(c4)c4ccccc4n5-c4cc5c6c(cccc6n4)Oc4ncccc4-5)ccc3n2-c2ccccc2)CC1. The Bertz CT molecular complexity index is 2860. The quantitative estimate of drug-likeness (QED) is 0.196. The van der Waals surface area contributed by atoms with Crippen LogP contribution in [0.25, 0.3) is 83.4 Å². The molecule has 0 fully saturated rings. The van der Waals surface area contributed by atoms with Gasteiger partial charge in [-0.1, -0.05) is 60.7 Å². The van der Waals surface area contributed by atoms with Crippen LogP contribution in [0.3, 0.4) is 0 Å². The Morgan fingerprint density at radius 1 is 0.612 bits per heavy atom. The van der Waals surface area contributed by atoms with Crippen LogP contribution in [-0.2, 0) is 6.42 Å². The number of benzene rings is 5. The van der Waals surface area contributed by atoms with Crippen LogP contribution in [0.2, 0.25) is 0 Å². The molecular formula is C44H28N4O. The molecule has 49 heavy (non-hydrogen) atoms. The molecular weight excluding hydrogens is 601 g/mol. The number of para-hydroxylation sites is 2. The van der Waals surface area contributed by atoms with Gasteiger partial charge in [0.25, 0.3) is 0 Å². The molecule has 5 nitrogen and oxygen atoms in total. The van der Waals surface area contributed by atoms with E-state index in [1.165, 1.54) is 49.7 Å². The third-order valence-electron chi connectivity index (χ3n) is 10.2. The summed E-state index contributed by atoms with van der Waals surface area (Å²) in [4.78, 5) is 9.77. The van der Waals surface area contributed by atoms with Crippen molar-refractivity contribution in [3.05, 3.63) is 151 Å². The zero-order valence-electron chi connectivity index (χ0n) is 26.5. The van der Waals surface area contributed by atoms with E-state index < -0.39 is 0 Å². The summed E-state index contributed by atoms with van der Waals surface area (Å²) in [6.45, 7) is 0. The fraction of sp³-hybridized carbons (Fsp3) is 0.0455. The van der Waals surface area contributed by atoms with Gasteiger partial charge in [-0.3, -0.25) is 4.57 Å². The summed E-state index contributed by atoms with van der Waals surface area (Å²) < 4.78 is 10.9. The number of fused-ring (bicyclic) bond motifs is 8. The predicted octanol–water partition coefficient (Wildman–Crippen LogP) is 11.1.